The summed E-state index contributed by atoms with van der Waals surface area (Å²) >= 11 is 5.68. The van der Waals surface area contributed by atoms with Gasteiger partial charge in [-0.2, -0.15) is 0 Å². The van der Waals surface area contributed by atoms with Crippen molar-refractivity contribution < 1.29 is 9.99 Å². The number of hydrogen-bond donors (Lipinski definition) is 1. The summed E-state index contributed by atoms with van der Waals surface area (Å²) in [5, 5.41) is 20.9. The minimum absolute atomic E-state index is 0.146. The van der Waals surface area contributed by atoms with E-state index in [9.17, 15) is 15.3 Å². The SMILES string of the molecule is CC1(Cl)C=C([N+](=O)[O-])C=C[NH+]1[O-]. The van der Waals surface area contributed by atoms with Crippen molar-refractivity contribution in [3.63, 3.8) is 0 Å². The third-order valence-electron chi connectivity index (χ3n) is 1.52. The summed E-state index contributed by atoms with van der Waals surface area (Å²) in [4.78, 5) is 8.42. The number of allylic oxidation sites excluding steroid dienone is 1. The lowest BCUT2D eigenvalue weighted by molar-refractivity contribution is -0.826. The normalized spacial score (nSPS) is 34.6. The van der Waals surface area contributed by atoms with Crippen molar-refractivity contribution >= 4 is 11.6 Å². The van der Waals surface area contributed by atoms with Crippen LogP contribution in [0.1, 0.15) is 6.92 Å². The minimum Gasteiger partial charge on any atom is -0.628 e. The van der Waals surface area contributed by atoms with Crippen molar-refractivity contribution in [3.8, 4) is 0 Å². The Hall–Kier alpha value is -0.910. The highest BCUT2D eigenvalue weighted by atomic mass is 35.5. The van der Waals surface area contributed by atoms with E-state index in [-0.39, 0.29) is 10.8 Å². The van der Waals surface area contributed by atoms with E-state index in [0.29, 0.717) is 0 Å². The van der Waals surface area contributed by atoms with Crippen LogP contribution in [0.2, 0.25) is 0 Å². The van der Waals surface area contributed by atoms with E-state index < -0.39 is 9.92 Å². The number of quaternary nitrogens is 1. The average molecular weight is 191 g/mol. The van der Waals surface area contributed by atoms with E-state index in [0.717, 1.165) is 18.4 Å². The van der Waals surface area contributed by atoms with Crippen molar-refractivity contribution in [2.24, 2.45) is 0 Å². The molecule has 66 valence electrons. The molecule has 1 aliphatic rings. The Labute approximate surface area is 73.6 Å². The van der Waals surface area contributed by atoms with Crippen LogP contribution >= 0.6 is 11.6 Å². The highest BCUT2D eigenvalue weighted by Gasteiger charge is 2.31. The van der Waals surface area contributed by atoms with Gasteiger partial charge in [-0.15, -0.1) is 0 Å². The molecule has 6 heteroatoms. The first-order valence-corrected chi connectivity index (χ1v) is 3.60. The first kappa shape index (κ1) is 9.18. The molecular formula is C6H7ClN2O3. The van der Waals surface area contributed by atoms with Crippen molar-refractivity contribution in [2.45, 2.75) is 11.9 Å². The van der Waals surface area contributed by atoms with Gasteiger partial charge in [-0.1, -0.05) is 0 Å². The Morgan fingerprint density at radius 1 is 1.75 bits per heavy atom. The molecule has 1 rings (SSSR count). The molecular weight excluding hydrogens is 184 g/mol. The smallest absolute Gasteiger partial charge is 0.278 e. The summed E-state index contributed by atoms with van der Waals surface area (Å²) < 4.78 is 0. The first-order valence-electron chi connectivity index (χ1n) is 3.22. The van der Waals surface area contributed by atoms with Crippen molar-refractivity contribution in [2.75, 3.05) is 0 Å². The van der Waals surface area contributed by atoms with Crippen LogP contribution in [0.4, 0.5) is 0 Å². The zero-order valence-corrected chi connectivity index (χ0v) is 7.04. The van der Waals surface area contributed by atoms with E-state index in [1.54, 1.807) is 0 Å². The number of nitrogens with one attached hydrogen (secondary N) is 1. The van der Waals surface area contributed by atoms with Crippen LogP contribution in [0.25, 0.3) is 0 Å². The fourth-order valence-corrected chi connectivity index (χ4v) is 1.01. The molecule has 1 N–H and O–H groups in total. The molecule has 0 spiro atoms. The lowest BCUT2D eigenvalue weighted by atomic mass is 10.2. The van der Waals surface area contributed by atoms with Crippen molar-refractivity contribution in [1.29, 1.82) is 0 Å². The minimum atomic E-state index is -1.27. The zero-order chi connectivity index (χ0) is 9.35. The van der Waals surface area contributed by atoms with Gasteiger partial charge in [0.1, 0.15) is 6.20 Å². The summed E-state index contributed by atoms with van der Waals surface area (Å²) in [5.74, 6) is 0. The quantitative estimate of drug-likeness (QED) is 0.208. The summed E-state index contributed by atoms with van der Waals surface area (Å²) in [6.45, 7) is 1.42. The topological polar surface area (TPSA) is 70.6 Å². The molecule has 0 amide bonds. The van der Waals surface area contributed by atoms with Gasteiger partial charge in [0.05, 0.1) is 17.1 Å². The number of alkyl halides is 1. The third kappa shape index (κ3) is 1.63. The first-order chi connectivity index (χ1) is 5.43. The second kappa shape index (κ2) is 2.85. The van der Waals surface area contributed by atoms with Gasteiger partial charge in [0, 0.05) is 6.92 Å². The molecule has 0 radical (unpaired) electrons. The summed E-state index contributed by atoms with van der Waals surface area (Å²) in [7, 11) is 0. The van der Waals surface area contributed by atoms with Gasteiger partial charge in [-0.3, -0.25) is 10.1 Å². The maximum absolute atomic E-state index is 11.0. The number of hydroxylamine groups is 2. The van der Waals surface area contributed by atoms with Crippen LogP contribution < -0.4 is 5.06 Å². The maximum atomic E-state index is 11.0. The maximum Gasteiger partial charge on any atom is 0.278 e. The van der Waals surface area contributed by atoms with Gasteiger partial charge < -0.3 is 10.3 Å². The van der Waals surface area contributed by atoms with Crippen molar-refractivity contribution in [1.82, 2.24) is 0 Å². The summed E-state index contributed by atoms with van der Waals surface area (Å²) in [6.07, 6.45) is 3.40. The predicted molar refractivity (Wildman–Crippen MR) is 42.8 cm³/mol. The monoisotopic (exact) mass is 190 g/mol. The Morgan fingerprint density at radius 3 is 2.75 bits per heavy atom. The summed E-state index contributed by atoms with van der Waals surface area (Å²) in [5.41, 5.74) is -0.146. The number of rotatable bonds is 1. The van der Waals surface area contributed by atoms with Gasteiger partial charge in [0.2, 0.25) is 0 Å². The van der Waals surface area contributed by atoms with Gasteiger partial charge >= 0.3 is 0 Å². The molecule has 5 nitrogen and oxygen atoms in total. The molecule has 0 bridgehead atoms. The molecule has 0 fully saturated rings. The second-order valence-electron chi connectivity index (χ2n) is 2.60. The van der Waals surface area contributed by atoms with Crippen LogP contribution in [0.15, 0.2) is 24.0 Å². The highest BCUT2D eigenvalue weighted by Crippen LogP contribution is 2.14. The van der Waals surface area contributed by atoms with Gasteiger partial charge in [-0.25, -0.2) is 0 Å². The van der Waals surface area contributed by atoms with Crippen LogP contribution in [0.5, 0.6) is 0 Å². The second-order valence-corrected chi connectivity index (χ2v) is 3.38. The lowest BCUT2D eigenvalue weighted by Gasteiger charge is -2.31. The molecule has 0 saturated heterocycles. The van der Waals surface area contributed by atoms with E-state index in [2.05, 4.69) is 0 Å². The Morgan fingerprint density at radius 2 is 2.33 bits per heavy atom. The van der Waals surface area contributed by atoms with E-state index in [1.807, 2.05) is 0 Å². The fraction of sp³-hybridized carbons (Fsp3) is 0.333. The number of hydrogen-bond acceptors (Lipinski definition) is 3. The Balaban J connectivity index is 2.97. The molecule has 2 unspecified atom stereocenters. The van der Waals surface area contributed by atoms with Crippen LogP contribution in [0, 0.1) is 15.3 Å². The Kier molecular flexibility index (Phi) is 2.18. The molecule has 0 aromatic heterocycles. The zero-order valence-electron chi connectivity index (χ0n) is 6.28. The standard InChI is InChI=1S/C6H7ClN2O3/c1-6(7)4-5(9(11)12)2-3-8(6)10/h2-4,8H,1H3. The van der Waals surface area contributed by atoms with E-state index in [4.69, 9.17) is 11.6 Å². The number of nitro groups is 1. The number of halogens is 1. The van der Waals surface area contributed by atoms with E-state index in [1.165, 1.54) is 6.92 Å². The van der Waals surface area contributed by atoms with Gasteiger partial charge in [0.25, 0.3) is 5.70 Å². The summed E-state index contributed by atoms with van der Waals surface area (Å²) in [6, 6.07) is 0. The predicted octanol–water partition coefficient (Wildman–Crippen LogP) is 0.0120. The molecule has 1 aliphatic heterocycles. The molecule has 0 aliphatic carbocycles. The fourth-order valence-electron chi connectivity index (χ4n) is 0.835. The highest BCUT2D eigenvalue weighted by molar-refractivity contribution is 6.23. The molecule has 2 atom stereocenters. The molecule has 0 aromatic rings. The van der Waals surface area contributed by atoms with Crippen molar-refractivity contribution in [3.05, 3.63) is 39.4 Å². The molecule has 1 heterocycles. The van der Waals surface area contributed by atoms with Crippen LogP contribution in [-0.4, -0.2) is 9.92 Å². The van der Waals surface area contributed by atoms with Crippen LogP contribution in [0.3, 0.4) is 0 Å². The van der Waals surface area contributed by atoms with Crippen LogP contribution in [-0.2, 0) is 0 Å². The Bertz CT molecular complexity index is 272. The molecule has 12 heavy (non-hydrogen) atoms. The third-order valence-corrected chi connectivity index (χ3v) is 1.81. The van der Waals surface area contributed by atoms with E-state index >= 15 is 0 Å². The lowest BCUT2D eigenvalue weighted by Crippen LogP contribution is -3.10. The average Bonchev–Trinajstić information content (AvgIpc) is 1.94. The van der Waals surface area contributed by atoms with Gasteiger partial charge in [0.15, 0.2) is 5.00 Å². The molecule has 0 aromatic carbocycles. The number of nitrogens with zero attached hydrogens (tertiary/aromatic N) is 1. The van der Waals surface area contributed by atoms with Gasteiger partial charge in [-0.05, 0) is 11.6 Å². The largest absolute Gasteiger partial charge is 0.628 e. The molecule has 0 saturated carbocycles.